The lowest BCUT2D eigenvalue weighted by molar-refractivity contribution is -0.139. The van der Waals surface area contributed by atoms with Gasteiger partial charge in [-0.2, -0.15) is 0 Å². The van der Waals surface area contributed by atoms with Gasteiger partial charge >= 0.3 is 5.97 Å². The molecule has 0 unspecified atom stereocenters. The first-order valence-corrected chi connectivity index (χ1v) is 6.71. The summed E-state index contributed by atoms with van der Waals surface area (Å²) in [5.41, 5.74) is 0. The van der Waals surface area contributed by atoms with Gasteiger partial charge in [0.15, 0.2) is 0 Å². The molecule has 4 heteroatoms. The maximum absolute atomic E-state index is 10.4. The second-order valence-corrected chi connectivity index (χ2v) is 4.47. The van der Waals surface area contributed by atoms with Crippen LogP contribution in [0.25, 0.3) is 0 Å². The lowest BCUT2D eigenvalue weighted by Crippen LogP contribution is -1.96. The van der Waals surface area contributed by atoms with Crippen LogP contribution in [0.4, 0.5) is 0 Å². The number of carbonyl (C=O) groups is 1. The van der Waals surface area contributed by atoms with Crippen LogP contribution in [0.15, 0.2) is 11.5 Å². The minimum Gasteiger partial charge on any atom is -0.462 e. The Kier molecular flexibility index (Phi) is 12.2. The molecular formula is C12H22O3S. The van der Waals surface area contributed by atoms with Crippen LogP contribution in [-0.4, -0.2) is 32.0 Å². The fourth-order valence-electron chi connectivity index (χ4n) is 1.13. The number of carbonyl (C=O) groups excluding carboxylic acids is 1. The Bertz CT molecular complexity index is 193. The molecule has 0 aromatic heterocycles. The first-order valence-electron chi connectivity index (χ1n) is 5.66. The average molecular weight is 246 g/mol. The number of hydrogen-bond acceptors (Lipinski definition) is 4. The van der Waals surface area contributed by atoms with Crippen LogP contribution in [0.3, 0.4) is 0 Å². The molecule has 94 valence electrons. The number of ether oxygens (including phenoxy) is 2. The maximum Gasteiger partial charge on any atom is 0.302 e. The Morgan fingerprint density at radius 3 is 2.69 bits per heavy atom. The third-order valence-electron chi connectivity index (χ3n) is 1.94. The van der Waals surface area contributed by atoms with Gasteiger partial charge in [-0.05, 0) is 30.1 Å². The van der Waals surface area contributed by atoms with Gasteiger partial charge in [0.25, 0.3) is 0 Å². The Hall–Kier alpha value is -0.480. The van der Waals surface area contributed by atoms with Crippen LogP contribution >= 0.6 is 11.8 Å². The average Bonchev–Trinajstić information content (AvgIpc) is 2.25. The number of unbranched alkanes of at least 4 members (excludes halogenated alkanes) is 3. The van der Waals surface area contributed by atoms with Gasteiger partial charge in [0.1, 0.15) is 6.61 Å². The fourth-order valence-corrected chi connectivity index (χ4v) is 1.85. The Morgan fingerprint density at radius 1 is 1.25 bits per heavy atom. The predicted octanol–water partition coefficient (Wildman–Crippen LogP) is 3.00. The summed E-state index contributed by atoms with van der Waals surface area (Å²) in [6, 6.07) is 0. The minimum atomic E-state index is -0.229. The largest absolute Gasteiger partial charge is 0.462 e. The molecule has 0 aliphatic heterocycles. The summed E-state index contributed by atoms with van der Waals surface area (Å²) < 4.78 is 9.74. The zero-order valence-corrected chi connectivity index (χ0v) is 11.1. The van der Waals surface area contributed by atoms with E-state index in [-0.39, 0.29) is 5.97 Å². The first-order chi connectivity index (χ1) is 7.77. The molecule has 3 nitrogen and oxygen atoms in total. The van der Waals surface area contributed by atoms with Crippen LogP contribution in [-0.2, 0) is 14.3 Å². The first kappa shape index (κ1) is 15.5. The van der Waals surface area contributed by atoms with E-state index in [1.165, 1.54) is 26.2 Å². The second kappa shape index (κ2) is 12.6. The summed E-state index contributed by atoms with van der Waals surface area (Å²) in [7, 11) is 1.74. The fraction of sp³-hybridized carbons (Fsp3) is 0.750. The zero-order valence-electron chi connectivity index (χ0n) is 10.2. The molecule has 0 fully saturated rings. The standard InChI is InChI=1S/C12H22O3S/c1-12(13)15-9-7-11-16-10-6-4-3-5-8-14-2/h7,11H,3-6,8-10H2,1-2H3. The van der Waals surface area contributed by atoms with Crippen molar-refractivity contribution < 1.29 is 14.3 Å². The summed E-state index contributed by atoms with van der Waals surface area (Å²) in [5.74, 6) is 0.900. The van der Waals surface area contributed by atoms with Crippen LogP contribution in [0, 0.1) is 0 Å². The highest BCUT2D eigenvalue weighted by Gasteiger charge is 1.90. The van der Waals surface area contributed by atoms with Gasteiger partial charge in [-0.25, -0.2) is 0 Å². The molecule has 0 aliphatic rings. The smallest absolute Gasteiger partial charge is 0.302 e. The van der Waals surface area contributed by atoms with Crippen LogP contribution in [0.2, 0.25) is 0 Å². The van der Waals surface area contributed by atoms with E-state index in [0.717, 1.165) is 18.8 Å². The minimum absolute atomic E-state index is 0.229. The SMILES string of the molecule is COCCCCCCSC=CCOC(C)=O. The number of hydrogen-bond donors (Lipinski definition) is 0. The molecule has 16 heavy (non-hydrogen) atoms. The summed E-state index contributed by atoms with van der Waals surface area (Å²) in [5, 5.41) is 2.00. The molecule has 0 spiro atoms. The van der Waals surface area contributed by atoms with E-state index in [1.54, 1.807) is 18.9 Å². The highest BCUT2D eigenvalue weighted by molar-refractivity contribution is 8.02. The molecule has 0 saturated heterocycles. The van der Waals surface area contributed by atoms with E-state index in [9.17, 15) is 4.79 Å². The van der Waals surface area contributed by atoms with Crippen molar-refractivity contribution in [1.29, 1.82) is 0 Å². The predicted molar refractivity (Wildman–Crippen MR) is 68.6 cm³/mol. The van der Waals surface area contributed by atoms with Crippen LogP contribution < -0.4 is 0 Å². The highest BCUT2D eigenvalue weighted by Crippen LogP contribution is 2.08. The second-order valence-electron chi connectivity index (χ2n) is 3.45. The lowest BCUT2D eigenvalue weighted by atomic mass is 10.2. The molecule has 0 radical (unpaired) electrons. The molecule has 0 rings (SSSR count). The van der Waals surface area contributed by atoms with Crippen molar-refractivity contribution in [2.24, 2.45) is 0 Å². The van der Waals surface area contributed by atoms with Gasteiger partial charge in [0.05, 0.1) is 0 Å². The van der Waals surface area contributed by atoms with Crippen molar-refractivity contribution >= 4 is 17.7 Å². The molecule has 0 aliphatic carbocycles. The van der Waals surface area contributed by atoms with Gasteiger partial charge in [-0.15, -0.1) is 11.8 Å². The molecule has 0 amide bonds. The van der Waals surface area contributed by atoms with Crippen LogP contribution in [0.1, 0.15) is 32.6 Å². The quantitative estimate of drug-likeness (QED) is 0.438. The molecule has 0 N–H and O–H groups in total. The normalized spacial score (nSPS) is 10.9. The number of rotatable bonds is 10. The lowest BCUT2D eigenvalue weighted by Gasteiger charge is -1.99. The molecular weight excluding hydrogens is 224 g/mol. The van der Waals surface area contributed by atoms with E-state index >= 15 is 0 Å². The van der Waals surface area contributed by atoms with Gasteiger partial charge < -0.3 is 9.47 Å². The van der Waals surface area contributed by atoms with Gasteiger partial charge in [-0.1, -0.05) is 12.8 Å². The summed E-state index contributed by atoms with van der Waals surface area (Å²) in [4.78, 5) is 10.4. The molecule has 0 saturated carbocycles. The number of esters is 1. The third-order valence-corrected chi connectivity index (χ3v) is 2.85. The summed E-state index contributed by atoms with van der Waals surface area (Å²) in [6.07, 6.45) is 6.76. The Balaban J connectivity index is 3.05. The molecule has 0 bridgehead atoms. The third kappa shape index (κ3) is 13.5. The van der Waals surface area contributed by atoms with Crippen molar-refractivity contribution in [2.45, 2.75) is 32.6 Å². The molecule has 0 atom stereocenters. The molecule has 0 aromatic carbocycles. The monoisotopic (exact) mass is 246 g/mol. The van der Waals surface area contributed by atoms with Crippen LogP contribution in [0.5, 0.6) is 0 Å². The van der Waals surface area contributed by atoms with Crippen molar-refractivity contribution in [3.8, 4) is 0 Å². The summed E-state index contributed by atoms with van der Waals surface area (Å²) >= 11 is 1.77. The maximum atomic E-state index is 10.4. The number of thioether (sulfide) groups is 1. The topological polar surface area (TPSA) is 35.5 Å². The molecule has 0 aromatic rings. The van der Waals surface area contributed by atoms with E-state index < -0.39 is 0 Å². The van der Waals surface area contributed by atoms with E-state index in [2.05, 4.69) is 0 Å². The van der Waals surface area contributed by atoms with Crippen molar-refractivity contribution in [3.63, 3.8) is 0 Å². The van der Waals surface area contributed by atoms with E-state index in [1.807, 2.05) is 11.5 Å². The van der Waals surface area contributed by atoms with E-state index in [0.29, 0.717) is 6.61 Å². The molecule has 0 heterocycles. The van der Waals surface area contributed by atoms with Crippen molar-refractivity contribution in [3.05, 3.63) is 11.5 Å². The van der Waals surface area contributed by atoms with Crippen molar-refractivity contribution in [1.82, 2.24) is 0 Å². The Labute approximate surface area is 103 Å². The van der Waals surface area contributed by atoms with E-state index in [4.69, 9.17) is 9.47 Å². The zero-order chi connectivity index (χ0) is 12.1. The highest BCUT2D eigenvalue weighted by atomic mass is 32.2. The van der Waals surface area contributed by atoms with Crippen molar-refractivity contribution in [2.75, 3.05) is 26.1 Å². The Morgan fingerprint density at radius 2 is 2.00 bits per heavy atom. The van der Waals surface area contributed by atoms with Gasteiger partial charge in [-0.3, -0.25) is 4.79 Å². The van der Waals surface area contributed by atoms with Gasteiger partial charge in [0, 0.05) is 20.6 Å². The number of methoxy groups -OCH3 is 1. The van der Waals surface area contributed by atoms with Gasteiger partial charge in [0.2, 0.25) is 0 Å². The summed E-state index contributed by atoms with van der Waals surface area (Å²) in [6.45, 7) is 2.67.